The van der Waals surface area contributed by atoms with Gasteiger partial charge in [-0.3, -0.25) is 5.32 Å². The number of nitrogens with two attached hydrogens (primary N) is 1. The van der Waals surface area contributed by atoms with Crippen molar-refractivity contribution in [1.82, 2.24) is 5.32 Å². The Morgan fingerprint density at radius 1 is 1.67 bits per heavy atom. The zero-order valence-electron chi connectivity index (χ0n) is 5.60. The summed E-state index contributed by atoms with van der Waals surface area (Å²) in [5.41, 5.74) is 5.33. The Morgan fingerprint density at radius 3 is 3.11 bits per heavy atom. The standard InChI is InChI=1S/C6H14N2O/c7-3-1-2-6-4-8-5-9-6/h6,8H,1-5,7H2. The van der Waals surface area contributed by atoms with E-state index in [1.807, 2.05) is 0 Å². The van der Waals surface area contributed by atoms with Crippen molar-refractivity contribution in [3.63, 3.8) is 0 Å². The molecule has 3 nitrogen and oxygen atoms in total. The van der Waals surface area contributed by atoms with Gasteiger partial charge in [-0.05, 0) is 19.4 Å². The third-order valence-corrected chi connectivity index (χ3v) is 1.52. The van der Waals surface area contributed by atoms with E-state index in [0.717, 1.165) is 32.7 Å². The first-order chi connectivity index (χ1) is 4.43. The highest BCUT2D eigenvalue weighted by Gasteiger charge is 2.12. The van der Waals surface area contributed by atoms with Gasteiger partial charge in [0.2, 0.25) is 0 Å². The molecule has 1 atom stereocenters. The lowest BCUT2D eigenvalue weighted by Crippen LogP contribution is -2.15. The Balaban J connectivity index is 1.98. The van der Waals surface area contributed by atoms with Gasteiger partial charge < -0.3 is 10.5 Å². The van der Waals surface area contributed by atoms with Gasteiger partial charge in [-0.1, -0.05) is 0 Å². The molecule has 1 aliphatic rings. The lowest BCUT2D eigenvalue weighted by molar-refractivity contribution is 0.106. The second kappa shape index (κ2) is 3.82. The maximum Gasteiger partial charge on any atom is 0.0970 e. The Labute approximate surface area is 55.6 Å². The van der Waals surface area contributed by atoms with Gasteiger partial charge in [0.05, 0.1) is 12.8 Å². The Morgan fingerprint density at radius 2 is 2.56 bits per heavy atom. The summed E-state index contributed by atoms with van der Waals surface area (Å²) >= 11 is 0. The van der Waals surface area contributed by atoms with Crippen LogP contribution < -0.4 is 11.1 Å². The summed E-state index contributed by atoms with van der Waals surface area (Å²) in [4.78, 5) is 0. The molecule has 3 N–H and O–H groups in total. The quantitative estimate of drug-likeness (QED) is 0.550. The molecule has 1 heterocycles. The molecule has 1 saturated heterocycles. The molecule has 0 radical (unpaired) electrons. The van der Waals surface area contributed by atoms with Crippen LogP contribution >= 0.6 is 0 Å². The van der Waals surface area contributed by atoms with Gasteiger partial charge in [0, 0.05) is 6.54 Å². The van der Waals surface area contributed by atoms with E-state index in [-0.39, 0.29) is 0 Å². The van der Waals surface area contributed by atoms with Crippen molar-refractivity contribution >= 4 is 0 Å². The number of hydrogen-bond acceptors (Lipinski definition) is 3. The maximum absolute atomic E-state index is 5.33. The van der Waals surface area contributed by atoms with E-state index in [1.165, 1.54) is 0 Å². The van der Waals surface area contributed by atoms with E-state index in [9.17, 15) is 0 Å². The molecule has 3 heteroatoms. The lowest BCUT2D eigenvalue weighted by atomic mass is 10.2. The molecule has 1 unspecified atom stereocenters. The normalized spacial score (nSPS) is 27.0. The van der Waals surface area contributed by atoms with Crippen LogP contribution in [-0.2, 0) is 4.74 Å². The van der Waals surface area contributed by atoms with Gasteiger partial charge in [-0.25, -0.2) is 0 Å². The van der Waals surface area contributed by atoms with Gasteiger partial charge in [0.1, 0.15) is 0 Å². The average Bonchev–Trinajstić information content (AvgIpc) is 2.34. The highest BCUT2D eigenvalue weighted by Crippen LogP contribution is 2.03. The molecule has 0 bridgehead atoms. The fraction of sp³-hybridized carbons (Fsp3) is 1.00. The van der Waals surface area contributed by atoms with E-state index in [1.54, 1.807) is 0 Å². The molecule has 1 rings (SSSR count). The predicted molar refractivity (Wildman–Crippen MR) is 36.0 cm³/mol. The third-order valence-electron chi connectivity index (χ3n) is 1.52. The third kappa shape index (κ3) is 2.30. The molecule has 1 aliphatic heterocycles. The summed E-state index contributed by atoms with van der Waals surface area (Å²) in [5.74, 6) is 0. The highest BCUT2D eigenvalue weighted by atomic mass is 16.5. The van der Waals surface area contributed by atoms with Crippen LogP contribution in [0.15, 0.2) is 0 Å². The lowest BCUT2D eigenvalue weighted by Gasteiger charge is -2.04. The first-order valence-corrected chi connectivity index (χ1v) is 3.46. The summed E-state index contributed by atoms with van der Waals surface area (Å²) < 4.78 is 5.29. The second-order valence-electron chi connectivity index (χ2n) is 2.32. The van der Waals surface area contributed by atoms with Crippen LogP contribution in [0.2, 0.25) is 0 Å². The summed E-state index contributed by atoms with van der Waals surface area (Å²) in [5, 5.41) is 3.12. The largest absolute Gasteiger partial charge is 0.362 e. The number of hydrogen-bond donors (Lipinski definition) is 2. The van der Waals surface area contributed by atoms with Crippen LogP contribution in [0.5, 0.6) is 0 Å². The molecule has 0 aromatic carbocycles. The zero-order chi connectivity index (χ0) is 6.53. The topological polar surface area (TPSA) is 47.3 Å². The molecule has 9 heavy (non-hydrogen) atoms. The SMILES string of the molecule is NCCCC1CNCO1. The van der Waals surface area contributed by atoms with Crippen molar-refractivity contribution in [3.05, 3.63) is 0 Å². The first kappa shape index (κ1) is 6.99. The molecule has 0 saturated carbocycles. The maximum atomic E-state index is 5.33. The highest BCUT2D eigenvalue weighted by molar-refractivity contribution is 4.65. The van der Waals surface area contributed by atoms with Crippen LogP contribution in [0.3, 0.4) is 0 Å². The molecule has 0 aromatic heterocycles. The Hall–Kier alpha value is -0.120. The molecule has 54 valence electrons. The average molecular weight is 130 g/mol. The van der Waals surface area contributed by atoms with Crippen LogP contribution in [0.1, 0.15) is 12.8 Å². The van der Waals surface area contributed by atoms with Crippen molar-refractivity contribution < 1.29 is 4.74 Å². The summed E-state index contributed by atoms with van der Waals surface area (Å²) in [6, 6.07) is 0. The Kier molecular flexibility index (Phi) is 2.97. The van der Waals surface area contributed by atoms with Gasteiger partial charge in [0.25, 0.3) is 0 Å². The van der Waals surface area contributed by atoms with Crippen molar-refractivity contribution in [2.75, 3.05) is 19.8 Å². The minimum absolute atomic E-state index is 0.425. The molecule has 0 aromatic rings. The van der Waals surface area contributed by atoms with Crippen molar-refractivity contribution in [2.45, 2.75) is 18.9 Å². The monoisotopic (exact) mass is 130 g/mol. The van der Waals surface area contributed by atoms with E-state index in [2.05, 4.69) is 5.32 Å². The Bertz CT molecular complexity index is 71.5. The minimum Gasteiger partial charge on any atom is -0.362 e. The minimum atomic E-state index is 0.425. The number of nitrogens with one attached hydrogen (secondary N) is 1. The summed E-state index contributed by atoms with van der Waals surface area (Å²) in [6.07, 6.45) is 2.60. The molecule has 1 fully saturated rings. The second-order valence-corrected chi connectivity index (χ2v) is 2.32. The van der Waals surface area contributed by atoms with Crippen LogP contribution in [-0.4, -0.2) is 25.9 Å². The summed E-state index contributed by atoms with van der Waals surface area (Å²) in [7, 11) is 0. The van der Waals surface area contributed by atoms with Crippen molar-refractivity contribution in [3.8, 4) is 0 Å². The molecule has 0 spiro atoms. The van der Waals surface area contributed by atoms with E-state index >= 15 is 0 Å². The van der Waals surface area contributed by atoms with E-state index < -0.39 is 0 Å². The van der Waals surface area contributed by atoms with Crippen molar-refractivity contribution in [2.24, 2.45) is 5.73 Å². The summed E-state index contributed by atoms with van der Waals surface area (Å²) in [6.45, 7) is 2.50. The number of ether oxygens (including phenoxy) is 1. The number of rotatable bonds is 3. The smallest absolute Gasteiger partial charge is 0.0970 e. The molecule has 0 amide bonds. The fourth-order valence-electron chi connectivity index (χ4n) is 0.987. The van der Waals surface area contributed by atoms with Gasteiger partial charge in [-0.2, -0.15) is 0 Å². The predicted octanol–water partition coefficient (Wildman–Crippen LogP) is -0.329. The molecular formula is C6H14N2O. The molecule has 0 aliphatic carbocycles. The van der Waals surface area contributed by atoms with E-state index in [4.69, 9.17) is 10.5 Å². The van der Waals surface area contributed by atoms with Gasteiger partial charge in [0.15, 0.2) is 0 Å². The van der Waals surface area contributed by atoms with Gasteiger partial charge >= 0.3 is 0 Å². The zero-order valence-corrected chi connectivity index (χ0v) is 5.60. The van der Waals surface area contributed by atoms with Crippen LogP contribution in [0.25, 0.3) is 0 Å². The van der Waals surface area contributed by atoms with Crippen molar-refractivity contribution in [1.29, 1.82) is 0 Å². The van der Waals surface area contributed by atoms with E-state index in [0.29, 0.717) is 6.10 Å². The van der Waals surface area contributed by atoms with Crippen LogP contribution in [0, 0.1) is 0 Å². The first-order valence-electron chi connectivity index (χ1n) is 3.46. The van der Waals surface area contributed by atoms with Gasteiger partial charge in [-0.15, -0.1) is 0 Å². The fourth-order valence-corrected chi connectivity index (χ4v) is 0.987. The van der Waals surface area contributed by atoms with Crippen LogP contribution in [0.4, 0.5) is 0 Å². The molecular weight excluding hydrogens is 116 g/mol.